The smallest absolute Gasteiger partial charge is 0.488 e. The van der Waals surface area contributed by atoms with Crippen LogP contribution in [0.2, 0.25) is 0 Å². The molecule has 40 heavy (non-hydrogen) atoms. The SMILES string of the molecule is CCC(CC)Oc1ccc(-c2ccc(OC(F)(F)F)cc2)cc1N(Cc1ccc(C(C)(C)C)cc1)C(=O)C(=O)O. The van der Waals surface area contributed by atoms with E-state index in [9.17, 15) is 27.9 Å². The monoisotopic (exact) mass is 557 g/mol. The lowest BCUT2D eigenvalue weighted by Crippen LogP contribution is -2.36. The quantitative estimate of drug-likeness (QED) is 0.273. The Kier molecular flexibility index (Phi) is 9.50. The van der Waals surface area contributed by atoms with Crippen molar-refractivity contribution in [2.45, 2.75) is 71.9 Å². The van der Waals surface area contributed by atoms with E-state index in [1.54, 1.807) is 18.2 Å². The first kappa shape index (κ1) is 30.5. The van der Waals surface area contributed by atoms with E-state index >= 15 is 0 Å². The van der Waals surface area contributed by atoms with Gasteiger partial charge in [0.2, 0.25) is 0 Å². The summed E-state index contributed by atoms with van der Waals surface area (Å²) in [6, 6.07) is 17.9. The van der Waals surface area contributed by atoms with Gasteiger partial charge in [-0.15, -0.1) is 13.2 Å². The summed E-state index contributed by atoms with van der Waals surface area (Å²) in [4.78, 5) is 26.1. The molecule has 0 unspecified atom stereocenters. The molecule has 3 rings (SSSR count). The van der Waals surface area contributed by atoms with Crippen LogP contribution in [0.1, 0.15) is 58.6 Å². The topological polar surface area (TPSA) is 76.1 Å². The molecule has 0 aliphatic heterocycles. The Hall–Kier alpha value is -4.01. The molecule has 0 saturated carbocycles. The van der Waals surface area contributed by atoms with Crippen LogP contribution >= 0.6 is 0 Å². The summed E-state index contributed by atoms with van der Waals surface area (Å²) in [5.41, 5.74) is 3.06. The molecule has 0 bridgehead atoms. The average Bonchev–Trinajstić information content (AvgIpc) is 2.89. The number of benzene rings is 3. The number of hydrogen-bond acceptors (Lipinski definition) is 4. The first-order valence-corrected chi connectivity index (χ1v) is 13.0. The third kappa shape index (κ3) is 8.00. The highest BCUT2D eigenvalue weighted by Crippen LogP contribution is 2.37. The van der Waals surface area contributed by atoms with Crippen molar-refractivity contribution in [1.29, 1.82) is 0 Å². The number of halogens is 3. The van der Waals surface area contributed by atoms with E-state index in [1.807, 2.05) is 38.1 Å². The molecule has 1 amide bonds. The Labute approximate surface area is 232 Å². The van der Waals surface area contributed by atoms with E-state index in [1.165, 1.54) is 24.3 Å². The normalized spacial score (nSPS) is 11.8. The molecule has 0 radical (unpaired) electrons. The zero-order chi connectivity index (χ0) is 29.7. The number of anilines is 1. The average molecular weight is 558 g/mol. The number of carboxylic acid groups (broad SMARTS) is 1. The number of carbonyl (C=O) groups excluding carboxylic acids is 1. The number of rotatable bonds is 9. The molecule has 0 aliphatic carbocycles. The van der Waals surface area contributed by atoms with E-state index in [-0.39, 0.29) is 29.5 Å². The van der Waals surface area contributed by atoms with Crippen LogP contribution in [0.3, 0.4) is 0 Å². The van der Waals surface area contributed by atoms with Crippen molar-refractivity contribution in [3.05, 3.63) is 77.9 Å². The fraction of sp³-hybridized carbons (Fsp3) is 0.355. The number of ether oxygens (including phenoxy) is 2. The maximum atomic E-state index is 13.0. The van der Waals surface area contributed by atoms with Crippen molar-refractivity contribution in [3.8, 4) is 22.6 Å². The molecule has 9 heteroatoms. The van der Waals surface area contributed by atoms with Gasteiger partial charge in [0.05, 0.1) is 18.3 Å². The Bertz CT molecular complexity index is 1310. The van der Waals surface area contributed by atoms with E-state index in [0.29, 0.717) is 29.7 Å². The third-order valence-corrected chi connectivity index (χ3v) is 6.46. The summed E-state index contributed by atoms with van der Waals surface area (Å²) in [5.74, 6) is -2.80. The number of carbonyl (C=O) groups is 2. The van der Waals surface area contributed by atoms with Crippen molar-refractivity contribution in [2.24, 2.45) is 0 Å². The number of amides is 1. The molecule has 0 heterocycles. The number of aliphatic carboxylic acids is 1. The molecular formula is C31H34F3NO5. The highest BCUT2D eigenvalue weighted by atomic mass is 19.4. The van der Waals surface area contributed by atoms with Gasteiger partial charge in [-0.1, -0.05) is 77.1 Å². The van der Waals surface area contributed by atoms with E-state index < -0.39 is 18.2 Å². The second kappa shape index (κ2) is 12.4. The third-order valence-electron chi connectivity index (χ3n) is 6.46. The van der Waals surface area contributed by atoms with Crippen LogP contribution < -0.4 is 14.4 Å². The van der Waals surface area contributed by atoms with Crippen molar-refractivity contribution in [2.75, 3.05) is 4.90 Å². The van der Waals surface area contributed by atoms with Crippen LogP contribution in [0.4, 0.5) is 18.9 Å². The standard InChI is InChI=1S/C31H34F3NO5/c1-6-24(7-2)39-27-17-12-22(21-10-15-25(16-11-21)40-31(32,33)34)18-26(27)35(28(36)29(37)38)19-20-8-13-23(14-9-20)30(3,4)5/h8-18,24H,6-7,19H2,1-5H3,(H,37,38). The molecule has 6 nitrogen and oxygen atoms in total. The minimum absolute atomic E-state index is 0.0311. The Morgan fingerprint density at radius 1 is 0.875 bits per heavy atom. The van der Waals surface area contributed by atoms with Gasteiger partial charge < -0.3 is 14.6 Å². The van der Waals surface area contributed by atoms with Gasteiger partial charge in [0.1, 0.15) is 11.5 Å². The van der Waals surface area contributed by atoms with Crippen molar-refractivity contribution in [3.63, 3.8) is 0 Å². The van der Waals surface area contributed by atoms with Gasteiger partial charge in [0, 0.05) is 0 Å². The lowest BCUT2D eigenvalue weighted by Gasteiger charge is -2.27. The maximum absolute atomic E-state index is 13.0. The molecule has 1 N–H and O–H groups in total. The van der Waals surface area contributed by atoms with Crippen LogP contribution in [0.25, 0.3) is 11.1 Å². The largest absolute Gasteiger partial charge is 0.573 e. The fourth-order valence-corrected chi connectivity index (χ4v) is 4.17. The molecule has 3 aromatic rings. The predicted octanol–water partition coefficient (Wildman–Crippen LogP) is 7.73. The van der Waals surface area contributed by atoms with Crippen LogP contribution in [-0.2, 0) is 21.5 Å². The van der Waals surface area contributed by atoms with Gasteiger partial charge in [-0.2, -0.15) is 0 Å². The van der Waals surface area contributed by atoms with Gasteiger partial charge in [-0.25, -0.2) is 4.79 Å². The summed E-state index contributed by atoms with van der Waals surface area (Å²) in [7, 11) is 0. The number of hydrogen-bond donors (Lipinski definition) is 1. The van der Waals surface area contributed by atoms with Crippen LogP contribution in [-0.4, -0.2) is 29.4 Å². The highest BCUT2D eigenvalue weighted by Gasteiger charge is 2.31. The number of carboxylic acids is 1. The van der Waals surface area contributed by atoms with Gasteiger partial charge in [-0.3, -0.25) is 9.69 Å². The summed E-state index contributed by atoms with van der Waals surface area (Å²) < 4.78 is 47.9. The zero-order valence-corrected chi connectivity index (χ0v) is 23.2. The van der Waals surface area contributed by atoms with Gasteiger partial charge in [0.15, 0.2) is 0 Å². The molecule has 0 aliphatic rings. The Morgan fingerprint density at radius 3 is 1.95 bits per heavy atom. The lowest BCUT2D eigenvalue weighted by molar-refractivity contribution is -0.274. The minimum atomic E-state index is -4.81. The predicted molar refractivity (Wildman–Crippen MR) is 148 cm³/mol. The summed E-state index contributed by atoms with van der Waals surface area (Å²) >= 11 is 0. The summed E-state index contributed by atoms with van der Waals surface area (Å²) in [5, 5.41) is 9.68. The second-order valence-electron chi connectivity index (χ2n) is 10.5. The van der Waals surface area contributed by atoms with Gasteiger partial charge in [0.25, 0.3) is 0 Å². The minimum Gasteiger partial charge on any atom is -0.488 e. The van der Waals surface area contributed by atoms with Crippen molar-refractivity contribution >= 4 is 17.6 Å². The Morgan fingerprint density at radius 2 is 1.45 bits per heavy atom. The molecular weight excluding hydrogens is 523 g/mol. The first-order valence-electron chi connectivity index (χ1n) is 13.0. The van der Waals surface area contributed by atoms with Crippen molar-refractivity contribution < 1.29 is 37.3 Å². The van der Waals surface area contributed by atoms with Crippen LogP contribution in [0.5, 0.6) is 11.5 Å². The molecule has 0 spiro atoms. The summed E-state index contributed by atoms with van der Waals surface area (Å²) in [6.07, 6.45) is -3.60. The maximum Gasteiger partial charge on any atom is 0.573 e. The molecule has 0 saturated heterocycles. The molecule has 0 atom stereocenters. The van der Waals surface area contributed by atoms with E-state index in [2.05, 4.69) is 25.5 Å². The first-order chi connectivity index (χ1) is 18.7. The molecule has 0 fully saturated rings. The van der Waals surface area contributed by atoms with Crippen LogP contribution in [0, 0.1) is 0 Å². The molecule has 214 valence electrons. The zero-order valence-electron chi connectivity index (χ0n) is 23.2. The second-order valence-corrected chi connectivity index (χ2v) is 10.5. The number of alkyl halides is 3. The molecule has 3 aromatic carbocycles. The van der Waals surface area contributed by atoms with E-state index in [0.717, 1.165) is 16.0 Å². The molecule has 0 aromatic heterocycles. The van der Waals surface area contributed by atoms with Crippen molar-refractivity contribution in [1.82, 2.24) is 0 Å². The number of nitrogens with zero attached hydrogens (tertiary/aromatic N) is 1. The van der Waals surface area contributed by atoms with E-state index in [4.69, 9.17) is 4.74 Å². The summed E-state index contributed by atoms with van der Waals surface area (Å²) in [6.45, 7) is 10.1. The highest BCUT2D eigenvalue weighted by molar-refractivity contribution is 6.37. The van der Waals surface area contributed by atoms with Gasteiger partial charge >= 0.3 is 18.2 Å². The Balaban J connectivity index is 2.09. The van der Waals surface area contributed by atoms with Crippen LogP contribution in [0.15, 0.2) is 66.7 Å². The van der Waals surface area contributed by atoms with Gasteiger partial charge in [-0.05, 0) is 64.8 Å². The fourth-order valence-electron chi connectivity index (χ4n) is 4.17. The lowest BCUT2D eigenvalue weighted by atomic mass is 9.87.